The van der Waals surface area contributed by atoms with Crippen molar-refractivity contribution in [2.45, 2.75) is 32.9 Å². The summed E-state index contributed by atoms with van der Waals surface area (Å²) < 4.78 is 39.8. The normalized spacial score (nSPS) is 12.0. The van der Waals surface area contributed by atoms with E-state index in [0.29, 0.717) is 6.42 Å². The van der Waals surface area contributed by atoms with Gasteiger partial charge in [0, 0.05) is 5.69 Å². The topological polar surface area (TPSA) is 17.8 Å². The molecule has 0 radical (unpaired) electrons. The molecule has 2 aromatic rings. The summed E-state index contributed by atoms with van der Waals surface area (Å²) in [6.45, 7) is 3.88. The smallest absolute Gasteiger partial charge is 0.235 e. The average molecular weight is 337 g/mol. The number of rotatable bonds is 3. The van der Waals surface area contributed by atoms with E-state index < -0.39 is 11.7 Å². The Bertz CT molecular complexity index is 640. The molecule has 7 heteroatoms. The molecular weight excluding hydrogens is 324 g/mol. The number of alkyl halides is 3. The van der Waals surface area contributed by atoms with E-state index in [4.69, 9.17) is 23.2 Å². The molecule has 2 nitrogen and oxygen atoms in total. The SMILES string of the molecule is CCc1cc(CC)n(-c2c(Cl)cc(C(F)(F)F)cc2Cl)n1. The van der Waals surface area contributed by atoms with Crippen LogP contribution in [0.5, 0.6) is 0 Å². The summed E-state index contributed by atoms with van der Waals surface area (Å²) in [5.41, 5.74) is 1.08. The number of hydrogen-bond donors (Lipinski definition) is 0. The zero-order valence-electron chi connectivity index (χ0n) is 11.4. The molecule has 0 aliphatic heterocycles. The van der Waals surface area contributed by atoms with Gasteiger partial charge in [-0.2, -0.15) is 18.3 Å². The first-order valence-corrected chi connectivity index (χ1v) is 7.18. The predicted octanol–water partition coefficient (Wildman–Crippen LogP) is 5.32. The van der Waals surface area contributed by atoms with Crippen molar-refractivity contribution in [1.29, 1.82) is 0 Å². The largest absolute Gasteiger partial charge is 0.416 e. The van der Waals surface area contributed by atoms with E-state index in [0.717, 1.165) is 29.9 Å². The lowest BCUT2D eigenvalue weighted by Gasteiger charge is -2.14. The minimum atomic E-state index is -4.49. The highest BCUT2D eigenvalue weighted by Gasteiger charge is 2.32. The van der Waals surface area contributed by atoms with Crippen LogP contribution in [-0.2, 0) is 19.0 Å². The Morgan fingerprint density at radius 2 is 1.62 bits per heavy atom. The second kappa shape index (κ2) is 5.89. The van der Waals surface area contributed by atoms with Gasteiger partial charge in [0.25, 0.3) is 0 Å². The lowest BCUT2D eigenvalue weighted by molar-refractivity contribution is -0.137. The summed E-state index contributed by atoms with van der Waals surface area (Å²) in [5.74, 6) is 0. The molecule has 1 aromatic carbocycles. The Labute approximate surface area is 130 Å². The van der Waals surface area contributed by atoms with E-state index in [1.807, 2.05) is 19.9 Å². The summed E-state index contributed by atoms with van der Waals surface area (Å²) in [4.78, 5) is 0. The molecule has 1 aromatic heterocycles. The molecule has 0 N–H and O–H groups in total. The molecule has 0 bridgehead atoms. The minimum Gasteiger partial charge on any atom is -0.235 e. The molecule has 1 heterocycles. The molecule has 114 valence electrons. The van der Waals surface area contributed by atoms with Crippen LogP contribution in [0.15, 0.2) is 18.2 Å². The Morgan fingerprint density at radius 3 is 2.05 bits per heavy atom. The van der Waals surface area contributed by atoms with Crippen molar-refractivity contribution in [2.24, 2.45) is 0 Å². The van der Waals surface area contributed by atoms with E-state index in [1.165, 1.54) is 4.68 Å². The number of halogens is 5. The van der Waals surface area contributed by atoms with Crippen LogP contribution in [0.2, 0.25) is 10.0 Å². The fraction of sp³-hybridized carbons (Fsp3) is 0.357. The van der Waals surface area contributed by atoms with Gasteiger partial charge < -0.3 is 0 Å². The standard InChI is InChI=1S/C14H13Cl2F3N2/c1-3-9-7-10(4-2)21(20-9)13-11(15)5-8(6-12(13)16)14(17,18)19/h5-7H,3-4H2,1-2H3. The highest BCUT2D eigenvalue weighted by Crippen LogP contribution is 2.37. The van der Waals surface area contributed by atoms with Crippen molar-refractivity contribution in [1.82, 2.24) is 9.78 Å². The molecule has 0 saturated heterocycles. The van der Waals surface area contributed by atoms with Crippen LogP contribution in [0.3, 0.4) is 0 Å². The number of aromatic nitrogens is 2. The van der Waals surface area contributed by atoms with E-state index in [-0.39, 0.29) is 15.7 Å². The third-order valence-corrected chi connectivity index (χ3v) is 3.69. The highest BCUT2D eigenvalue weighted by atomic mass is 35.5. The second-order valence-corrected chi connectivity index (χ2v) is 5.35. The Hall–Kier alpha value is -1.20. The summed E-state index contributed by atoms with van der Waals surface area (Å²) >= 11 is 12.0. The molecule has 0 amide bonds. The van der Waals surface area contributed by atoms with Crippen molar-refractivity contribution < 1.29 is 13.2 Å². The first kappa shape index (κ1) is 16.2. The highest BCUT2D eigenvalue weighted by molar-refractivity contribution is 6.37. The minimum absolute atomic E-state index is 0.0738. The fourth-order valence-electron chi connectivity index (χ4n) is 2.02. The van der Waals surface area contributed by atoms with Crippen LogP contribution in [0.1, 0.15) is 30.8 Å². The van der Waals surface area contributed by atoms with Gasteiger partial charge in [0.2, 0.25) is 0 Å². The molecule has 0 saturated carbocycles. The molecule has 0 unspecified atom stereocenters. The van der Waals surface area contributed by atoms with Crippen LogP contribution < -0.4 is 0 Å². The predicted molar refractivity (Wildman–Crippen MR) is 77.3 cm³/mol. The van der Waals surface area contributed by atoms with Gasteiger partial charge in [-0.05, 0) is 31.0 Å². The molecule has 0 aliphatic rings. The number of nitrogens with zero attached hydrogens (tertiary/aromatic N) is 2. The van der Waals surface area contributed by atoms with Crippen molar-refractivity contribution in [2.75, 3.05) is 0 Å². The molecular formula is C14H13Cl2F3N2. The quantitative estimate of drug-likeness (QED) is 0.741. The van der Waals surface area contributed by atoms with Gasteiger partial charge in [-0.25, -0.2) is 4.68 Å². The molecule has 0 spiro atoms. The van der Waals surface area contributed by atoms with Crippen molar-refractivity contribution in [3.05, 3.63) is 45.2 Å². The van der Waals surface area contributed by atoms with Gasteiger partial charge in [0.1, 0.15) is 5.69 Å². The Kier molecular flexibility index (Phi) is 4.54. The van der Waals surface area contributed by atoms with Gasteiger partial charge in [-0.15, -0.1) is 0 Å². The fourth-order valence-corrected chi connectivity index (χ4v) is 2.67. The maximum Gasteiger partial charge on any atom is 0.416 e. The number of aryl methyl sites for hydroxylation is 2. The molecule has 0 aliphatic carbocycles. The van der Waals surface area contributed by atoms with Crippen LogP contribution in [0, 0.1) is 0 Å². The van der Waals surface area contributed by atoms with Gasteiger partial charge in [-0.3, -0.25) is 0 Å². The van der Waals surface area contributed by atoms with Gasteiger partial charge in [0.05, 0.1) is 21.3 Å². The van der Waals surface area contributed by atoms with Crippen LogP contribution in [0.4, 0.5) is 13.2 Å². The summed E-state index contributed by atoms with van der Waals surface area (Å²) in [6.07, 6.45) is -3.10. The second-order valence-electron chi connectivity index (χ2n) is 4.53. The third kappa shape index (κ3) is 3.19. The maximum absolute atomic E-state index is 12.7. The van der Waals surface area contributed by atoms with E-state index in [1.54, 1.807) is 0 Å². The molecule has 0 fully saturated rings. The third-order valence-electron chi connectivity index (χ3n) is 3.11. The Morgan fingerprint density at radius 1 is 1.05 bits per heavy atom. The van der Waals surface area contributed by atoms with Crippen LogP contribution >= 0.6 is 23.2 Å². The maximum atomic E-state index is 12.7. The summed E-state index contributed by atoms with van der Waals surface area (Å²) in [7, 11) is 0. The molecule has 0 atom stereocenters. The summed E-state index contributed by atoms with van der Waals surface area (Å²) in [5, 5.41) is 4.20. The first-order valence-electron chi connectivity index (χ1n) is 6.42. The van der Waals surface area contributed by atoms with Crippen molar-refractivity contribution >= 4 is 23.2 Å². The number of hydrogen-bond acceptors (Lipinski definition) is 1. The molecule has 21 heavy (non-hydrogen) atoms. The van der Waals surface area contributed by atoms with Gasteiger partial charge in [0.15, 0.2) is 0 Å². The van der Waals surface area contributed by atoms with Crippen molar-refractivity contribution in [3.8, 4) is 5.69 Å². The molecule has 2 rings (SSSR count). The van der Waals surface area contributed by atoms with Crippen LogP contribution in [-0.4, -0.2) is 9.78 Å². The monoisotopic (exact) mass is 336 g/mol. The average Bonchev–Trinajstić information content (AvgIpc) is 2.80. The van der Waals surface area contributed by atoms with Crippen molar-refractivity contribution in [3.63, 3.8) is 0 Å². The summed E-state index contributed by atoms with van der Waals surface area (Å²) in [6, 6.07) is 3.63. The Balaban J connectivity index is 2.62. The first-order chi connectivity index (χ1) is 9.77. The zero-order chi connectivity index (χ0) is 15.8. The van der Waals surface area contributed by atoms with E-state index in [2.05, 4.69) is 5.10 Å². The van der Waals surface area contributed by atoms with Crippen LogP contribution in [0.25, 0.3) is 5.69 Å². The van der Waals surface area contributed by atoms with Gasteiger partial charge >= 0.3 is 6.18 Å². The van der Waals surface area contributed by atoms with E-state index in [9.17, 15) is 13.2 Å². The zero-order valence-corrected chi connectivity index (χ0v) is 12.9. The van der Waals surface area contributed by atoms with E-state index >= 15 is 0 Å². The lowest BCUT2D eigenvalue weighted by atomic mass is 10.2. The number of benzene rings is 1. The lowest BCUT2D eigenvalue weighted by Crippen LogP contribution is -2.08. The van der Waals surface area contributed by atoms with Gasteiger partial charge in [-0.1, -0.05) is 37.0 Å².